The predicted molar refractivity (Wildman–Crippen MR) is 231 cm³/mol. The first-order valence-electron chi connectivity index (χ1n) is 20.8. The number of rotatable bonds is 27. The van der Waals surface area contributed by atoms with Gasteiger partial charge in [0.15, 0.2) is 11.9 Å². The molecule has 3 atom stereocenters. The summed E-state index contributed by atoms with van der Waals surface area (Å²) in [7, 11) is 0. The number of hydrogen-bond donors (Lipinski definition) is 15. The van der Waals surface area contributed by atoms with E-state index in [9.17, 15) is 81.8 Å². The molecule has 38 heteroatoms. The van der Waals surface area contributed by atoms with Gasteiger partial charge < -0.3 is 81.2 Å². The van der Waals surface area contributed by atoms with Crippen LogP contribution in [0, 0.1) is 0 Å². The highest BCUT2D eigenvalue weighted by Gasteiger charge is 2.40. The van der Waals surface area contributed by atoms with Crippen LogP contribution in [0.4, 0.5) is 52.7 Å². The molecule has 0 heterocycles. The first-order valence-corrected chi connectivity index (χ1v) is 20.8. The molecule has 0 aromatic heterocycles. The van der Waals surface area contributed by atoms with E-state index in [4.69, 9.17) is 74.0 Å². The molecule has 0 aliphatic heterocycles. The van der Waals surface area contributed by atoms with E-state index in [2.05, 4.69) is 31.3 Å². The van der Waals surface area contributed by atoms with Gasteiger partial charge in [-0.2, -0.15) is 52.7 Å². The highest BCUT2D eigenvalue weighted by molar-refractivity contribution is 5.87. The van der Waals surface area contributed by atoms with E-state index in [0.717, 1.165) is 12.8 Å². The summed E-state index contributed by atoms with van der Waals surface area (Å²) in [5.41, 5.74) is 32.5. The molecule has 4 amide bonds. The molecule has 0 saturated heterocycles. The van der Waals surface area contributed by atoms with E-state index < -0.39 is 78.6 Å². The van der Waals surface area contributed by atoms with E-state index in [1.807, 2.05) is 0 Å². The van der Waals surface area contributed by atoms with Crippen LogP contribution >= 0.6 is 0 Å². The third-order valence-electron chi connectivity index (χ3n) is 7.71. The number of aliphatic carboxylic acids is 5. The first kappa shape index (κ1) is 75.8. The Hall–Kier alpha value is -7.15. The third kappa shape index (κ3) is 51.2. The van der Waals surface area contributed by atoms with Crippen molar-refractivity contribution in [3.8, 4) is 0 Å². The molecule has 0 rings (SSSR count). The Kier molecular flexibility index (Phi) is 41.3. The van der Waals surface area contributed by atoms with Crippen LogP contribution in [-0.2, 0) is 43.2 Å². The maximum absolute atomic E-state index is 12.9. The fraction of sp³-hybridized carbons (Fsp3) is 0.694. The second-order valence-electron chi connectivity index (χ2n) is 14.1. The van der Waals surface area contributed by atoms with E-state index >= 15 is 0 Å². The Balaban J connectivity index is -0.000000452. The summed E-state index contributed by atoms with van der Waals surface area (Å²) in [5, 5.41) is 48.6. The summed E-state index contributed by atoms with van der Waals surface area (Å²) in [5.74, 6) is -13.7. The van der Waals surface area contributed by atoms with Crippen LogP contribution in [0.5, 0.6) is 0 Å². The largest absolute Gasteiger partial charge is 0.490 e. The van der Waals surface area contributed by atoms with Crippen molar-refractivity contribution in [3.63, 3.8) is 0 Å². The lowest BCUT2D eigenvalue weighted by molar-refractivity contribution is -0.193. The standard InChI is InChI=1S/C28H56N12O6.4C2HF3O2/c29-14-4-1-9-19(30)24(43)35-15-5-2-12-22(41)39-20(10-7-17-37-27(31)32)25(44)36-16-6-3-13-23(42)40-21(26(45)46)11-8-18-38-28(33)34;4*3-2(4,5)1(6)7/h19-21H,1-18,29-30H2,(H,35,43)(H,36,44)(H,39,41)(H,40,42)(H,45,46)(H4,31,32,37)(H4,33,34,38);4*(H,6,7)/t19-,20-,21-;;;;/m0..../s1. The molecule has 0 aliphatic carbocycles. The van der Waals surface area contributed by atoms with Crippen molar-refractivity contribution < 1.29 is 121 Å². The SMILES string of the molecule is NCCCC[C@H](N)C(=O)NCCCCC(=O)N[C@@H](CCCN=C(N)N)C(=O)NCCCCC(=O)N[C@@H](CCCN=C(N)N)C(=O)O.O=C(O)C(F)(F)F.O=C(O)C(F)(F)F.O=C(O)C(F)(F)F.O=C(O)C(F)(F)F. The number of amides is 4. The van der Waals surface area contributed by atoms with Crippen molar-refractivity contribution >= 4 is 65.4 Å². The average molecular weight is 1110 g/mol. The van der Waals surface area contributed by atoms with Crippen molar-refractivity contribution in [2.24, 2.45) is 44.4 Å². The summed E-state index contributed by atoms with van der Waals surface area (Å²) >= 11 is 0. The minimum Gasteiger partial charge on any atom is -0.480 e. The van der Waals surface area contributed by atoms with Crippen molar-refractivity contribution in [2.75, 3.05) is 32.7 Å². The molecule has 74 heavy (non-hydrogen) atoms. The number of aliphatic imine (C=N–C) groups is 2. The van der Waals surface area contributed by atoms with Crippen LogP contribution in [0.1, 0.15) is 83.5 Å². The number of halogens is 12. The zero-order valence-corrected chi connectivity index (χ0v) is 38.8. The number of carboxylic acids is 5. The highest BCUT2D eigenvalue weighted by Crippen LogP contribution is 2.15. The van der Waals surface area contributed by atoms with E-state index in [1.54, 1.807) is 0 Å². The molecular weight excluding hydrogens is 1050 g/mol. The molecule has 21 N–H and O–H groups in total. The number of nitrogens with one attached hydrogen (secondary N) is 4. The van der Waals surface area contributed by atoms with Gasteiger partial charge in [0.1, 0.15) is 12.1 Å². The number of carbonyl (C=O) groups is 9. The van der Waals surface area contributed by atoms with Crippen LogP contribution < -0.4 is 55.7 Å². The Morgan fingerprint density at radius 3 is 1.05 bits per heavy atom. The minimum absolute atomic E-state index is 0.0710. The normalized spacial score (nSPS) is 12.1. The van der Waals surface area contributed by atoms with Crippen molar-refractivity contribution in [3.05, 3.63) is 0 Å². The van der Waals surface area contributed by atoms with Gasteiger partial charge in [-0.3, -0.25) is 29.2 Å². The number of alkyl halides is 12. The Bertz CT molecular complexity index is 1690. The number of unbranched alkanes of at least 4 members (excludes halogenated alkanes) is 3. The number of nitrogens with zero attached hydrogens (tertiary/aromatic N) is 2. The molecule has 0 unspecified atom stereocenters. The number of carboxylic acid groups (broad SMARTS) is 5. The van der Waals surface area contributed by atoms with Crippen LogP contribution in [0.15, 0.2) is 9.98 Å². The lowest BCUT2D eigenvalue weighted by Gasteiger charge is -2.18. The van der Waals surface area contributed by atoms with E-state index in [0.29, 0.717) is 64.5 Å². The Labute approximate surface area is 411 Å². The minimum atomic E-state index is -5.08. The number of carbonyl (C=O) groups excluding carboxylic acids is 4. The Morgan fingerprint density at radius 2 is 0.757 bits per heavy atom. The van der Waals surface area contributed by atoms with Crippen molar-refractivity contribution in [2.45, 2.75) is 126 Å². The number of nitrogens with two attached hydrogens (primary N) is 6. The first-order chi connectivity index (χ1) is 33.6. The van der Waals surface area contributed by atoms with Gasteiger partial charge in [-0.05, 0) is 70.8 Å². The smallest absolute Gasteiger partial charge is 0.480 e. The zero-order chi connectivity index (χ0) is 59.1. The summed E-state index contributed by atoms with van der Waals surface area (Å²) < 4.78 is 127. The summed E-state index contributed by atoms with van der Waals surface area (Å²) in [6.45, 7) is 1.73. The third-order valence-corrected chi connectivity index (χ3v) is 7.71. The molecule has 432 valence electrons. The molecule has 0 aliphatic rings. The fourth-order valence-electron chi connectivity index (χ4n) is 4.20. The van der Waals surface area contributed by atoms with Gasteiger partial charge in [-0.25, -0.2) is 24.0 Å². The molecule has 0 bridgehead atoms. The maximum Gasteiger partial charge on any atom is 0.490 e. The highest BCUT2D eigenvalue weighted by atomic mass is 19.4. The topological polar surface area (TPSA) is 484 Å². The van der Waals surface area contributed by atoms with E-state index in [-0.39, 0.29) is 68.5 Å². The van der Waals surface area contributed by atoms with Gasteiger partial charge in [0, 0.05) is 39.0 Å². The molecule has 0 spiro atoms. The van der Waals surface area contributed by atoms with E-state index in [1.165, 1.54) is 0 Å². The van der Waals surface area contributed by atoms with Crippen LogP contribution in [0.3, 0.4) is 0 Å². The molecule has 0 fully saturated rings. The molecule has 0 radical (unpaired) electrons. The van der Waals surface area contributed by atoms with Gasteiger partial charge in [0.05, 0.1) is 6.04 Å². The van der Waals surface area contributed by atoms with Crippen molar-refractivity contribution in [1.82, 2.24) is 21.3 Å². The molecule has 26 nitrogen and oxygen atoms in total. The lowest BCUT2D eigenvalue weighted by Crippen LogP contribution is -2.47. The van der Waals surface area contributed by atoms with Gasteiger partial charge in [0.25, 0.3) is 0 Å². The summed E-state index contributed by atoms with van der Waals surface area (Å²) in [4.78, 5) is 104. The van der Waals surface area contributed by atoms with Crippen LogP contribution in [0.25, 0.3) is 0 Å². The van der Waals surface area contributed by atoms with Gasteiger partial charge in [0.2, 0.25) is 23.6 Å². The molecule has 0 aromatic rings. The average Bonchev–Trinajstić information content (AvgIpc) is 3.24. The number of hydrogen-bond acceptors (Lipinski definition) is 13. The molecule has 0 saturated carbocycles. The zero-order valence-electron chi connectivity index (χ0n) is 38.8. The summed E-state index contributed by atoms with van der Waals surface area (Å²) in [6.07, 6.45) is -14.7. The fourth-order valence-corrected chi connectivity index (χ4v) is 4.20. The monoisotopic (exact) mass is 1110 g/mol. The predicted octanol–water partition coefficient (Wildman–Crippen LogP) is -0.290. The quantitative estimate of drug-likeness (QED) is 0.0217. The maximum atomic E-state index is 12.9. The van der Waals surface area contributed by atoms with Crippen molar-refractivity contribution in [1.29, 1.82) is 0 Å². The van der Waals surface area contributed by atoms with Gasteiger partial charge >= 0.3 is 54.6 Å². The Morgan fingerprint density at radius 1 is 0.446 bits per heavy atom. The van der Waals surface area contributed by atoms with Gasteiger partial charge in [-0.15, -0.1) is 0 Å². The second kappa shape index (κ2) is 40.3. The van der Waals surface area contributed by atoms with Crippen LogP contribution in [0.2, 0.25) is 0 Å². The van der Waals surface area contributed by atoms with Crippen LogP contribution in [-0.4, -0.2) is 166 Å². The second-order valence-corrected chi connectivity index (χ2v) is 14.1. The number of guanidine groups is 2. The lowest BCUT2D eigenvalue weighted by atomic mass is 10.1. The molecular formula is C36H60F12N12O14. The molecule has 0 aromatic carbocycles. The van der Waals surface area contributed by atoms with Gasteiger partial charge in [-0.1, -0.05) is 6.42 Å². The summed E-state index contributed by atoms with van der Waals surface area (Å²) in [6, 6.07) is -2.46.